The van der Waals surface area contributed by atoms with Gasteiger partial charge in [-0.2, -0.15) is 0 Å². The first-order valence-corrected chi connectivity index (χ1v) is 6.28. The summed E-state index contributed by atoms with van der Waals surface area (Å²) in [7, 11) is 0. The van der Waals surface area contributed by atoms with Crippen molar-refractivity contribution >= 4 is 28.6 Å². The molecule has 0 unspecified atom stereocenters. The lowest BCUT2D eigenvalue weighted by Gasteiger charge is -2.14. The first kappa shape index (κ1) is 13.7. The van der Waals surface area contributed by atoms with Crippen LogP contribution in [0.15, 0.2) is 21.5 Å². The van der Waals surface area contributed by atoms with Crippen LogP contribution in [0.5, 0.6) is 0 Å². The van der Waals surface area contributed by atoms with E-state index in [2.05, 4.69) is 0 Å². The molecule has 0 fully saturated rings. The Hall–Kier alpha value is -0.400. The van der Waals surface area contributed by atoms with Gasteiger partial charge in [0.1, 0.15) is 9.34 Å². The van der Waals surface area contributed by atoms with Gasteiger partial charge in [0, 0.05) is 25.7 Å². The lowest BCUT2D eigenvalue weighted by atomic mass is 10.3. The second kappa shape index (κ2) is 7.03. The third kappa shape index (κ3) is 4.23. The van der Waals surface area contributed by atoms with Gasteiger partial charge in [-0.1, -0.05) is 0 Å². The maximum Gasteiger partial charge on any atom is 0.349 e. The van der Waals surface area contributed by atoms with Gasteiger partial charge in [-0.3, -0.25) is 0 Å². The maximum atomic E-state index is 11.1. The highest BCUT2D eigenvalue weighted by Gasteiger charge is 2.18. The molecular formula is C11H15IO4. The zero-order valence-corrected chi connectivity index (χ0v) is 11.5. The molecule has 5 heteroatoms. The van der Waals surface area contributed by atoms with Gasteiger partial charge in [-0.25, -0.2) is 4.79 Å². The summed E-state index contributed by atoms with van der Waals surface area (Å²) in [5.74, 6) is 0.273. The van der Waals surface area contributed by atoms with E-state index in [1.807, 2.05) is 36.4 Å². The summed E-state index contributed by atoms with van der Waals surface area (Å²) in [4.78, 5) is 11.1. The number of carbonyl (C=O) groups is 1. The fraction of sp³-hybridized carbons (Fsp3) is 0.545. The summed E-state index contributed by atoms with van der Waals surface area (Å²) in [5, 5.41) is 0. The Kier molecular flexibility index (Phi) is 6.00. The van der Waals surface area contributed by atoms with Gasteiger partial charge in [0.15, 0.2) is 6.29 Å². The number of hydrogen-bond acceptors (Lipinski definition) is 4. The lowest BCUT2D eigenvalue weighted by Crippen LogP contribution is -2.16. The van der Waals surface area contributed by atoms with E-state index in [1.54, 1.807) is 12.2 Å². The van der Waals surface area contributed by atoms with Crippen LogP contribution in [0.2, 0.25) is 0 Å². The molecule has 1 aliphatic heterocycles. The van der Waals surface area contributed by atoms with Crippen LogP contribution < -0.4 is 0 Å². The largest absolute Gasteiger partial charge is 0.423 e. The monoisotopic (exact) mass is 338 g/mol. The number of halogens is 1. The van der Waals surface area contributed by atoms with Gasteiger partial charge in [-0.05, 0) is 42.5 Å². The van der Waals surface area contributed by atoms with Crippen molar-refractivity contribution in [3.05, 3.63) is 21.5 Å². The average Bonchev–Trinajstić information content (AvgIpc) is 2.56. The smallest absolute Gasteiger partial charge is 0.349 e. The molecule has 4 nitrogen and oxygen atoms in total. The molecule has 0 saturated heterocycles. The van der Waals surface area contributed by atoms with E-state index in [1.165, 1.54) is 0 Å². The summed E-state index contributed by atoms with van der Waals surface area (Å²) in [6.45, 7) is 5.03. The predicted octanol–water partition coefficient (Wildman–Crippen LogP) is 2.54. The highest BCUT2D eigenvalue weighted by molar-refractivity contribution is 14.1. The quantitative estimate of drug-likeness (QED) is 0.424. The summed E-state index contributed by atoms with van der Waals surface area (Å²) >= 11 is 1.95. The third-order valence-electron chi connectivity index (χ3n) is 1.89. The Balaban J connectivity index is 2.48. The minimum atomic E-state index is -0.295. The van der Waals surface area contributed by atoms with Crippen LogP contribution in [-0.2, 0) is 19.0 Å². The van der Waals surface area contributed by atoms with E-state index in [-0.39, 0.29) is 12.3 Å². The van der Waals surface area contributed by atoms with Crippen LogP contribution in [0.3, 0.4) is 0 Å². The SMILES string of the molecule is CCOC(C/C=C1/C=C(I)C(=O)O1)OCC. The molecule has 0 radical (unpaired) electrons. The number of cyclic esters (lactones) is 1. The molecule has 0 aromatic rings. The molecule has 0 bridgehead atoms. The van der Waals surface area contributed by atoms with Gasteiger partial charge < -0.3 is 14.2 Å². The van der Waals surface area contributed by atoms with Crippen LogP contribution in [0, 0.1) is 0 Å². The number of ether oxygens (including phenoxy) is 3. The fourth-order valence-corrected chi connectivity index (χ4v) is 1.66. The van der Waals surface area contributed by atoms with Crippen LogP contribution >= 0.6 is 22.6 Å². The second-order valence-electron chi connectivity index (χ2n) is 3.06. The van der Waals surface area contributed by atoms with Gasteiger partial charge in [0.05, 0.1) is 0 Å². The topological polar surface area (TPSA) is 44.8 Å². The van der Waals surface area contributed by atoms with Crippen molar-refractivity contribution in [2.45, 2.75) is 26.6 Å². The standard InChI is InChI=1S/C11H15IO4/c1-3-14-10(15-4-2)6-5-8-7-9(12)11(13)16-8/h5,7,10H,3-4,6H2,1-2H3/b8-5-. The van der Waals surface area contributed by atoms with E-state index in [9.17, 15) is 4.79 Å². The molecule has 0 aliphatic carbocycles. The van der Waals surface area contributed by atoms with Crippen molar-refractivity contribution in [1.29, 1.82) is 0 Å². The molecule has 0 atom stereocenters. The average molecular weight is 338 g/mol. The summed E-state index contributed by atoms with van der Waals surface area (Å²) in [6, 6.07) is 0. The lowest BCUT2D eigenvalue weighted by molar-refractivity contribution is -0.135. The fourth-order valence-electron chi connectivity index (χ4n) is 1.24. The van der Waals surface area contributed by atoms with Crippen LogP contribution in [-0.4, -0.2) is 25.5 Å². The van der Waals surface area contributed by atoms with E-state index in [4.69, 9.17) is 14.2 Å². The van der Waals surface area contributed by atoms with Crippen molar-refractivity contribution in [2.75, 3.05) is 13.2 Å². The molecular weight excluding hydrogens is 323 g/mol. The normalized spacial score (nSPS) is 18.1. The zero-order chi connectivity index (χ0) is 12.0. The molecule has 90 valence electrons. The van der Waals surface area contributed by atoms with Crippen molar-refractivity contribution < 1.29 is 19.0 Å². The van der Waals surface area contributed by atoms with Crippen molar-refractivity contribution in [1.82, 2.24) is 0 Å². The Bertz CT molecular complexity index is 303. The number of hydrogen-bond donors (Lipinski definition) is 0. The van der Waals surface area contributed by atoms with Crippen molar-refractivity contribution in [3.8, 4) is 0 Å². The molecule has 1 rings (SSSR count). The van der Waals surface area contributed by atoms with E-state index in [0.717, 1.165) is 0 Å². The van der Waals surface area contributed by atoms with Crippen molar-refractivity contribution in [2.24, 2.45) is 0 Å². The minimum Gasteiger partial charge on any atom is -0.423 e. The zero-order valence-electron chi connectivity index (χ0n) is 9.36. The van der Waals surface area contributed by atoms with E-state index >= 15 is 0 Å². The molecule has 1 aliphatic rings. The minimum absolute atomic E-state index is 0.270. The molecule has 1 heterocycles. The molecule has 0 saturated carbocycles. The van der Waals surface area contributed by atoms with Gasteiger partial charge in [-0.15, -0.1) is 0 Å². The van der Waals surface area contributed by atoms with E-state index in [0.29, 0.717) is 29.0 Å². The Morgan fingerprint density at radius 1 is 1.44 bits per heavy atom. The van der Waals surface area contributed by atoms with Crippen LogP contribution in [0.4, 0.5) is 0 Å². The highest BCUT2D eigenvalue weighted by atomic mass is 127. The van der Waals surface area contributed by atoms with Gasteiger partial charge in [0.25, 0.3) is 0 Å². The van der Waals surface area contributed by atoms with Gasteiger partial charge >= 0.3 is 5.97 Å². The third-order valence-corrected chi connectivity index (χ3v) is 2.64. The summed E-state index contributed by atoms with van der Waals surface area (Å²) in [6.07, 6.45) is 3.81. The first-order valence-electron chi connectivity index (χ1n) is 5.20. The molecule has 16 heavy (non-hydrogen) atoms. The number of rotatable bonds is 6. The van der Waals surface area contributed by atoms with E-state index < -0.39 is 0 Å². The Morgan fingerprint density at radius 3 is 2.50 bits per heavy atom. The molecule has 0 N–H and O–H groups in total. The van der Waals surface area contributed by atoms with Crippen LogP contribution in [0.1, 0.15) is 20.3 Å². The molecule has 0 amide bonds. The number of allylic oxidation sites excluding steroid dienone is 1. The highest BCUT2D eigenvalue weighted by Crippen LogP contribution is 2.22. The number of esters is 1. The first-order chi connectivity index (χ1) is 7.67. The summed E-state index contributed by atoms with van der Waals surface area (Å²) in [5.41, 5.74) is 0. The molecule has 0 spiro atoms. The maximum absolute atomic E-state index is 11.1. The Morgan fingerprint density at radius 2 is 2.06 bits per heavy atom. The van der Waals surface area contributed by atoms with Crippen LogP contribution in [0.25, 0.3) is 0 Å². The van der Waals surface area contributed by atoms with Crippen molar-refractivity contribution in [3.63, 3.8) is 0 Å². The summed E-state index contributed by atoms with van der Waals surface area (Å²) < 4.78 is 16.3. The Labute approximate surface area is 109 Å². The number of carbonyl (C=O) groups excluding carboxylic acids is 1. The molecule has 0 aromatic heterocycles. The molecule has 0 aromatic carbocycles. The van der Waals surface area contributed by atoms with Gasteiger partial charge in [0.2, 0.25) is 0 Å². The second-order valence-corrected chi connectivity index (χ2v) is 4.23. The predicted molar refractivity (Wildman–Crippen MR) is 67.9 cm³/mol.